The zero-order valence-corrected chi connectivity index (χ0v) is 12.2. The first-order valence-corrected chi connectivity index (χ1v) is 6.78. The third-order valence-corrected chi connectivity index (χ3v) is 3.16. The lowest BCUT2D eigenvalue weighted by atomic mass is 10.2. The van der Waals surface area contributed by atoms with Crippen molar-refractivity contribution in [3.63, 3.8) is 0 Å². The van der Waals surface area contributed by atoms with Crippen molar-refractivity contribution in [1.29, 1.82) is 0 Å². The van der Waals surface area contributed by atoms with E-state index in [4.69, 9.17) is 9.47 Å². The Balaban J connectivity index is 2.41. The Morgan fingerprint density at radius 3 is 2.80 bits per heavy atom. The van der Waals surface area contributed by atoms with E-state index in [1.165, 1.54) is 25.3 Å². The van der Waals surface area contributed by atoms with Gasteiger partial charge in [-0.25, -0.2) is 4.98 Å². The van der Waals surface area contributed by atoms with Gasteiger partial charge in [0.1, 0.15) is 0 Å². The van der Waals surface area contributed by atoms with Crippen LogP contribution in [-0.4, -0.2) is 17.0 Å². The molecule has 7 heteroatoms. The summed E-state index contributed by atoms with van der Waals surface area (Å²) in [6.07, 6.45) is 1.59. The van der Waals surface area contributed by atoms with E-state index >= 15 is 0 Å². The van der Waals surface area contributed by atoms with E-state index in [-0.39, 0.29) is 11.4 Å². The van der Waals surface area contributed by atoms with Crippen molar-refractivity contribution in [2.75, 3.05) is 7.11 Å². The van der Waals surface area contributed by atoms with Crippen molar-refractivity contribution in [3.05, 3.63) is 52.2 Å². The van der Waals surface area contributed by atoms with Gasteiger partial charge in [-0.05, 0) is 12.1 Å². The highest BCUT2D eigenvalue weighted by molar-refractivity contribution is 9.08. The number of halogens is 1. The molecule has 0 fully saturated rings. The minimum absolute atomic E-state index is 0.0721. The summed E-state index contributed by atoms with van der Waals surface area (Å²) in [4.78, 5) is 14.4. The first-order valence-electron chi connectivity index (χ1n) is 5.66. The van der Waals surface area contributed by atoms with Gasteiger partial charge in [0.05, 0.1) is 18.1 Å². The molecule has 0 aliphatic carbocycles. The number of methoxy groups -OCH3 is 1. The molecule has 104 valence electrons. The smallest absolute Gasteiger partial charge is 0.273 e. The second kappa shape index (κ2) is 6.33. The summed E-state index contributed by atoms with van der Waals surface area (Å²) in [7, 11) is 1.47. The molecular formula is C13H11BrN2O4. The van der Waals surface area contributed by atoms with Crippen LogP contribution >= 0.6 is 15.9 Å². The third-order valence-electron chi connectivity index (χ3n) is 2.56. The summed E-state index contributed by atoms with van der Waals surface area (Å²) >= 11 is 3.34. The molecule has 6 nitrogen and oxygen atoms in total. The molecule has 1 aromatic heterocycles. The second-order valence-corrected chi connectivity index (χ2v) is 4.36. The zero-order valence-electron chi connectivity index (χ0n) is 10.6. The Labute approximate surface area is 123 Å². The van der Waals surface area contributed by atoms with Crippen molar-refractivity contribution in [2.24, 2.45) is 0 Å². The van der Waals surface area contributed by atoms with Crippen molar-refractivity contribution in [3.8, 4) is 17.4 Å². The van der Waals surface area contributed by atoms with Crippen molar-refractivity contribution in [2.45, 2.75) is 5.33 Å². The molecule has 0 saturated heterocycles. The van der Waals surface area contributed by atoms with Gasteiger partial charge in [0, 0.05) is 23.2 Å². The van der Waals surface area contributed by atoms with E-state index in [1.54, 1.807) is 12.3 Å². The average molecular weight is 339 g/mol. The number of ether oxygens (including phenoxy) is 2. The molecular weight excluding hydrogens is 328 g/mol. The summed E-state index contributed by atoms with van der Waals surface area (Å²) in [5.74, 6) is 1.03. The number of alkyl halides is 1. The molecule has 2 rings (SSSR count). The number of aromatic nitrogens is 1. The molecule has 0 atom stereocenters. The molecule has 0 N–H and O–H groups in total. The lowest BCUT2D eigenvalue weighted by Gasteiger charge is -2.11. The summed E-state index contributed by atoms with van der Waals surface area (Å²) in [5, 5.41) is 11.4. The van der Waals surface area contributed by atoms with Crippen LogP contribution in [0.2, 0.25) is 0 Å². The fourth-order valence-electron chi connectivity index (χ4n) is 1.58. The Morgan fingerprint density at radius 1 is 1.35 bits per heavy atom. The zero-order chi connectivity index (χ0) is 14.5. The third kappa shape index (κ3) is 3.05. The molecule has 2 aromatic rings. The van der Waals surface area contributed by atoms with Crippen LogP contribution in [0.3, 0.4) is 0 Å². The first-order chi connectivity index (χ1) is 9.65. The molecule has 0 aliphatic heterocycles. The number of hydrogen-bond acceptors (Lipinski definition) is 5. The maximum atomic E-state index is 10.8. The Morgan fingerprint density at radius 2 is 2.15 bits per heavy atom. The van der Waals surface area contributed by atoms with Gasteiger partial charge < -0.3 is 9.47 Å². The van der Waals surface area contributed by atoms with Gasteiger partial charge in [-0.2, -0.15) is 0 Å². The second-order valence-electron chi connectivity index (χ2n) is 3.80. The van der Waals surface area contributed by atoms with Gasteiger partial charge in [0.15, 0.2) is 11.5 Å². The highest BCUT2D eigenvalue weighted by Crippen LogP contribution is 2.35. The maximum Gasteiger partial charge on any atom is 0.273 e. The summed E-state index contributed by atoms with van der Waals surface area (Å²) < 4.78 is 10.8. The number of nitrogens with zero attached hydrogens (tertiary/aromatic N) is 2. The summed E-state index contributed by atoms with van der Waals surface area (Å²) in [6, 6.07) is 7.79. The first kappa shape index (κ1) is 14.3. The van der Waals surface area contributed by atoms with E-state index in [9.17, 15) is 10.1 Å². The highest BCUT2D eigenvalue weighted by atomic mass is 79.9. The molecule has 0 aliphatic rings. The summed E-state index contributed by atoms with van der Waals surface area (Å²) in [5.41, 5.74) is 0.762. The van der Waals surface area contributed by atoms with Crippen LogP contribution in [0.4, 0.5) is 5.69 Å². The van der Waals surface area contributed by atoms with Gasteiger partial charge in [0.25, 0.3) is 5.69 Å². The van der Waals surface area contributed by atoms with Crippen molar-refractivity contribution < 1.29 is 14.4 Å². The summed E-state index contributed by atoms with van der Waals surface area (Å²) in [6.45, 7) is 0. The van der Waals surface area contributed by atoms with Crippen LogP contribution in [0.1, 0.15) is 5.56 Å². The van der Waals surface area contributed by atoms with Gasteiger partial charge in [-0.1, -0.05) is 22.0 Å². The normalized spacial score (nSPS) is 10.1. The molecule has 0 bridgehead atoms. The molecule has 1 heterocycles. The van der Waals surface area contributed by atoms with Crippen LogP contribution in [-0.2, 0) is 5.33 Å². The topological polar surface area (TPSA) is 74.5 Å². The van der Waals surface area contributed by atoms with Crippen LogP contribution in [0.15, 0.2) is 36.5 Å². The predicted molar refractivity (Wildman–Crippen MR) is 76.6 cm³/mol. The number of rotatable bonds is 5. The van der Waals surface area contributed by atoms with Crippen molar-refractivity contribution in [1.82, 2.24) is 4.98 Å². The van der Waals surface area contributed by atoms with Crippen molar-refractivity contribution >= 4 is 21.6 Å². The molecule has 0 unspecified atom stereocenters. The SMILES string of the molecule is COc1ccc([N+](=O)[O-])cc1Oc1ncccc1CBr. The molecule has 0 saturated carbocycles. The highest BCUT2D eigenvalue weighted by Gasteiger charge is 2.15. The predicted octanol–water partition coefficient (Wildman–Crippen LogP) is 3.69. The quantitative estimate of drug-likeness (QED) is 0.472. The molecule has 1 aromatic carbocycles. The molecule has 20 heavy (non-hydrogen) atoms. The lowest BCUT2D eigenvalue weighted by Crippen LogP contribution is -1.96. The monoisotopic (exact) mass is 338 g/mol. The number of pyridine rings is 1. The minimum Gasteiger partial charge on any atom is -0.493 e. The van der Waals surface area contributed by atoms with Gasteiger partial charge in [-0.15, -0.1) is 0 Å². The number of nitro benzene ring substituents is 1. The maximum absolute atomic E-state index is 10.8. The van der Waals surface area contributed by atoms with E-state index < -0.39 is 4.92 Å². The average Bonchev–Trinajstić information content (AvgIpc) is 2.47. The number of benzene rings is 1. The van der Waals surface area contributed by atoms with Gasteiger partial charge in [0.2, 0.25) is 5.88 Å². The molecule has 0 amide bonds. The van der Waals surface area contributed by atoms with Crippen LogP contribution < -0.4 is 9.47 Å². The van der Waals surface area contributed by atoms with Gasteiger partial charge in [-0.3, -0.25) is 10.1 Å². The minimum atomic E-state index is -0.490. The van der Waals surface area contributed by atoms with Crippen LogP contribution in [0.25, 0.3) is 0 Å². The number of non-ortho nitro benzene ring substituents is 1. The van der Waals surface area contributed by atoms with Crippen LogP contribution in [0, 0.1) is 10.1 Å². The van der Waals surface area contributed by atoms with Gasteiger partial charge >= 0.3 is 0 Å². The van der Waals surface area contributed by atoms with Crippen LogP contribution in [0.5, 0.6) is 17.4 Å². The Hall–Kier alpha value is -2.15. The number of hydrogen-bond donors (Lipinski definition) is 0. The Bertz CT molecular complexity index is 634. The van der Waals surface area contributed by atoms with E-state index in [0.717, 1.165) is 5.56 Å². The van der Waals surface area contributed by atoms with E-state index in [1.807, 2.05) is 6.07 Å². The largest absolute Gasteiger partial charge is 0.493 e. The standard InChI is InChI=1S/C13H11BrN2O4/c1-19-11-5-4-10(16(17)18)7-12(11)20-13-9(8-14)3-2-6-15-13/h2-7H,8H2,1H3. The fourth-order valence-corrected chi connectivity index (χ4v) is 2.01. The van der Waals surface area contributed by atoms with E-state index in [2.05, 4.69) is 20.9 Å². The number of nitro groups is 1. The molecule has 0 radical (unpaired) electrons. The van der Waals surface area contributed by atoms with E-state index in [0.29, 0.717) is 17.0 Å². The fraction of sp³-hybridized carbons (Fsp3) is 0.154. The Kier molecular flexibility index (Phi) is 4.52. The lowest BCUT2D eigenvalue weighted by molar-refractivity contribution is -0.384. The molecule has 0 spiro atoms.